The van der Waals surface area contributed by atoms with E-state index in [0.29, 0.717) is 5.82 Å². The van der Waals surface area contributed by atoms with E-state index in [1.54, 1.807) is 0 Å². The fourth-order valence-electron chi connectivity index (χ4n) is 7.90. The number of furan rings is 2. The molecule has 0 saturated carbocycles. The molecule has 4 heterocycles. The Morgan fingerprint density at radius 2 is 0.893 bits per heavy atom. The Bertz CT molecular complexity index is 3220. The quantitative estimate of drug-likeness (QED) is 0.171. The van der Waals surface area contributed by atoms with Gasteiger partial charge in [-0.05, 0) is 58.7 Å². The van der Waals surface area contributed by atoms with E-state index in [2.05, 4.69) is 126 Å². The van der Waals surface area contributed by atoms with Crippen molar-refractivity contribution >= 4 is 43.9 Å². The summed E-state index contributed by atoms with van der Waals surface area (Å²) >= 11 is 0. The van der Waals surface area contributed by atoms with Gasteiger partial charge in [-0.25, -0.2) is 9.97 Å². The van der Waals surface area contributed by atoms with E-state index in [-0.39, 0.29) is 0 Å². The first kappa shape index (κ1) is 31.9. The Kier molecular flexibility index (Phi) is 7.42. The molecule has 11 aromatic rings. The molecule has 11 rings (SSSR count). The molecule has 4 aromatic heterocycles. The largest absolute Gasteiger partial charge is 0.455 e. The van der Waals surface area contributed by atoms with Gasteiger partial charge in [-0.2, -0.15) is 0 Å². The standard InChI is InChI=1S/C51H31N3O2/c1-2-9-35(10-3-1)44-31-45(36-21-17-32(18-22-36)33-27-29-52-30-28-33)54-51(53-44)37-23-19-34(20-24-37)38-25-26-40(48-43-12-5-7-16-47(43)56-50(38)48)42-14-8-13-41-39-11-4-6-15-46(39)55-49(41)42/h1-31H. The Morgan fingerprint density at radius 3 is 1.66 bits per heavy atom. The third-order valence-electron chi connectivity index (χ3n) is 10.7. The number of benzene rings is 7. The number of fused-ring (bicyclic) bond motifs is 6. The summed E-state index contributed by atoms with van der Waals surface area (Å²) in [7, 11) is 0. The van der Waals surface area contributed by atoms with Crippen LogP contribution in [0.2, 0.25) is 0 Å². The number of hydrogen-bond donors (Lipinski definition) is 0. The number of para-hydroxylation sites is 3. The molecule has 0 aliphatic heterocycles. The van der Waals surface area contributed by atoms with Crippen molar-refractivity contribution in [1.82, 2.24) is 15.0 Å². The van der Waals surface area contributed by atoms with Crippen molar-refractivity contribution in [3.8, 4) is 67.3 Å². The van der Waals surface area contributed by atoms with E-state index >= 15 is 0 Å². The van der Waals surface area contributed by atoms with Crippen LogP contribution in [0, 0.1) is 0 Å². The van der Waals surface area contributed by atoms with E-state index in [0.717, 1.165) is 105 Å². The average Bonchev–Trinajstić information content (AvgIpc) is 3.86. The molecule has 262 valence electrons. The fraction of sp³-hybridized carbons (Fsp3) is 0. The van der Waals surface area contributed by atoms with E-state index in [9.17, 15) is 0 Å². The maximum Gasteiger partial charge on any atom is 0.160 e. The van der Waals surface area contributed by atoms with E-state index in [4.69, 9.17) is 18.8 Å². The summed E-state index contributed by atoms with van der Waals surface area (Å²) < 4.78 is 13.2. The van der Waals surface area contributed by atoms with Crippen LogP contribution in [0.3, 0.4) is 0 Å². The summed E-state index contributed by atoms with van der Waals surface area (Å²) in [5, 5.41) is 4.34. The van der Waals surface area contributed by atoms with Crippen molar-refractivity contribution in [2.45, 2.75) is 0 Å². The molecule has 0 amide bonds. The molecule has 0 atom stereocenters. The minimum absolute atomic E-state index is 0.661. The van der Waals surface area contributed by atoms with Crippen molar-refractivity contribution in [2.24, 2.45) is 0 Å². The van der Waals surface area contributed by atoms with Gasteiger partial charge in [0.1, 0.15) is 22.3 Å². The molecule has 0 fully saturated rings. The second kappa shape index (κ2) is 13.0. The summed E-state index contributed by atoms with van der Waals surface area (Å²) in [4.78, 5) is 14.4. The number of aromatic nitrogens is 3. The molecule has 0 N–H and O–H groups in total. The molecule has 0 spiro atoms. The summed E-state index contributed by atoms with van der Waals surface area (Å²) in [6.45, 7) is 0. The van der Waals surface area contributed by atoms with Gasteiger partial charge in [0.05, 0.1) is 11.4 Å². The third kappa shape index (κ3) is 5.37. The zero-order valence-electron chi connectivity index (χ0n) is 30.1. The first-order valence-electron chi connectivity index (χ1n) is 18.7. The predicted molar refractivity (Wildman–Crippen MR) is 227 cm³/mol. The summed E-state index contributed by atoms with van der Waals surface area (Å²) in [5.74, 6) is 0.661. The van der Waals surface area contributed by atoms with Crippen molar-refractivity contribution in [3.05, 3.63) is 188 Å². The smallest absolute Gasteiger partial charge is 0.160 e. The molecular weight excluding hydrogens is 687 g/mol. The molecule has 0 aliphatic carbocycles. The van der Waals surface area contributed by atoms with Gasteiger partial charge in [-0.15, -0.1) is 0 Å². The normalized spacial score (nSPS) is 11.6. The number of rotatable bonds is 6. The molecular formula is C51H31N3O2. The van der Waals surface area contributed by atoms with Crippen LogP contribution in [0.1, 0.15) is 0 Å². The molecule has 5 heteroatoms. The van der Waals surface area contributed by atoms with Gasteiger partial charge in [0.2, 0.25) is 0 Å². The monoisotopic (exact) mass is 717 g/mol. The van der Waals surface area contributed by atoms with Gasteiger partial charge in [0.25, 0.3) is 0 Å². The molecule has 56 heavy (non-hydrogen) atoms. The fourth-order valence-corrected chi connectivity index (χ4v) is 7.90. The van der Waals surface area contributed by atoms with Gasteiger partial charge >= 0.3 is 0 Å². The van der Waals surface area contributed by atoms with Crippen molar-refractivity contribution in [1.29, 1.82) is 0 Å². The molecule has 0 radical (unpaired) electrons. The Balaban J connectivity index is 1.02. The topological polar surface area (TPSA) is 65.0 Å². The lowest BCUT2D eigenvalue weighted by Crippen LogP contribution is -1.96. The lowest BCUT2D eigenvalue weighted by Gasteiger charge is -2.11. The molecule has 0 saturated heterocycles. The van der Waals surface area contributed by atoms with Gasteiger partial charge in [-0.1, -0.05) is 140 Å². The maximum atomic E-state index is 6.69. The Labute approximate surface area is 322 Å². The highest BCUT2D eigenvalue weighted by molar-refractivity contribution is 6.19. The molecule has 5 nitrogen and oxygen atoms in total. The Hall–Kier alpha value is -7.63. The zero-order chi connectivity index (χ0) is 37.0. The van der Waals surface area contributed by atoms with Gasteiger partial charge in [0.15, 0.2) is 5.82 Å². The lowest BCUT2D eigenvalue weighted by atomic mass is 9.93. The van der Waals surface area contributed by atoms with Crippen LogP contribution >= 0.6 is 0 Å². The SMILES string of the molecule is c1ccc(-c2cc(-c3ccc(-c4ccncc4)cc3)nc(-c3ccc(-c4ccc(-c5cccc6c5oc5ccccc56)c5c4oc4ccccc45)cc3)n2)cc1. The van der Waals surface area contributed by atoms with Gasteiger partial charge in [0, 0.05) is 61.8 Å². The van der Waals surface area contributed by atoms with Gasteiger partial charge < -0.3 is 8.83 Å². The highest BCUT2D eigenvalue weighted by Crippen LogP contribution is 2.45. The summed E-state index contributed by atoms with van der Waals surface area (Å²) in [5.41, 5.74) is 14.6. The van der Waals surface area contributed by atoms with E-state index < -0.39 is 0 Å². The van der Waals surface area contributed by atoms with E-state index in [1.807, 2.05) is 67.0 Å². The van der Waals surface area contributed by atoms with Crippen LogP contribution in [0.15, 0.2) is 197 Å². The van der Waals surface area contributed by atoms with Crippen molar-refractivity contribution in [2.75, 3.05) is 0 Å². The van der Waals surface area contributed by atoms with Crippen LogP contribution in [-0.2, 0) is 0 Å². The number of hydrogen-bond acceptors (Lipinski definition) is 5. The number of nitrogens with zero attached hydrogens (tertiary/aromatic N) is 3. The van der Waals surface area contributed by atoms with E-state index in [1.165, 1.54) is 0 Å². The number of pyridine rings is 1. The van der Waals surface area contributed by atoms with Crippen LogP contribution in [0.5, 0.6) is 0 Å². The minimum Gasteiger partial charge on any atom is -0.455 e. The van der Waals surface area contributed by atoms with Crippen LogP contribution in [-0.4, -0.2) is 15.0 Å². The lowest BCUT2D eigenvalue weighted by molar-refractivity contribution is 0.669. The highest BCUT2D eigenvalue weighted by Gasteiger charge is 2.21. The summed E-state index contributed by atoms with van der Waals surface area (Å²) in [6, 6.07) is 60.6. The zero-order valence-corrected chi connectivity index (χ0v) is 30.1. The maximum absolute atomic E-state index is 6.69. The molecule has 0 aliphatic rings. The van der Waals surface area contributed by atoms with Crippen LogP contribution in [0.25, 0.3) is 111 Å². The Morgan fingerprint density at radius 1 is 0.339 bits per heavy atom. The first-order chi connectivity index (χ1) is 27.7. The predicted octanol–water partition coefficient (Wildman–Crippen LogP) is 13.7. The molecule has 0 unspecified atom stereocenters. The molecule has 7 aromatic carbocycles. The average molecular weight is 718 g/mol. The van der Waals surface area contributed by atoms with Crippen LogP contribution in [0.4, 0.5) is 0 Å². The third-order valence-corrected chi connectivity index (χ3v) is 10.7. The second-order valence-corrected chi connectivity index (χ2v) is 14.0. The van der Waals surface area contributed by atoms with Crippen LogP contribution < -0.4 is 0 Å². The first-order valence-corrected chi connectivity index (χ1v) is 18.7. The second-order valence-electron chi connectivity index (χ2n) is 14.0. The minimum atomic E-state index is 0.661. The van der Waals surface area contributed by atoms with Crippen molar-refractivity contribution in [3.63, 3.8) is 0 Å². The highest BCUT2D eigenvalue weighted by atomic mass is 16.3. The summed E-state index contributed by atoms with van der Waals surface area (Å²) in [6.07, 6.45) is 3.63. The molecule has 0 bridgehead atoms. The van der Waals surface area contributed by atoms with Gasteiger partial charge in [-0.3, -0.25) is 4.98 Å². The van der Waals surface area contributed by atoms with Crippen molar-refractivity contribution < 1.29 is 8.83 Å².